The molecule has 2 heterocycles. The Morgan fingerprint density at radius 3 is 2.80 bits per heavy atom. The van der Waals surface area contributed by atoms with Crippen molar-refractivity contribution in [3.05, 3.63) is 47.2 Å². The Kier molecular flexibility index (Phi) is 5.95. The molecule has 0 unspecified atom stereocenters. The molecule has 1 aromatic heterocycles. The Morgan fingerprint density at radius 2 is 2.04 bits per heavy atom. The maximum absolute atomic E-state index is 5.79. The third kappa shape index (κ3) is 5.00. The third-order valence-electron chi connectivity index (χ3n) is 3.73. The van der Waals surface area contributed by atoms with E-state index in [2.05, 4.69) is 20.6 Å². The van der Waals surface area contributed by atoms with Crippen molar-refractivity contribution >= 4 is 23.2 Å². The molecule has 0 saturated carbocycles. The van der Waals surface area contributed by atoms with Gasteiger partial charge in [-0.1, -0.05) is 17.7 Å². The Labute approximate surface area is 152 Å². The summed E-state index contributed by atoms with van der Waals surface area (Å²) >= 11 is 5.79. The number of hydrogen-bond acceptors (Lipinski definition) is 4. The van der Waals surface area contributed by atoms with Crippen LogP contribution in [0.15, 0.2) is 41.5 Å². The van der Waals surface area contributed by atoms with Gasteiger partial charge in [0.25, 0.3) is 0 Å². The maximum Gasteiger partial charge on any atom is 0.195 e. The molecule has 0 saturated heterocycles. The summed E-state index contributed by atoms with van der Waals surface area (Å²) in [7, 11) is 1.74. The van der Waals surface area contributed by atoms with Gasteiger partial charge < -0.3 is 20.1 Å². The SMILES string of the molecule is CN=C(NCCc1ccc(Cl)nc1)Nc1ccc2c(c1)OCCCO2. The lowest BCUT2D eigenvalue weighted by Gasteiger charge is -2.14. The van der Waals surface area contributed by atoms with Crippen LogP contribution in [-0.4, -0.2) is 37.7 Å². The molecule has 0 aliphatic carbocycles. The van der Waals surface area contributed by atoms with Crippen LogP contribution in [0.4, 0.5) is 5.69 Å². The molecule has 0 amide bonds. The first kappa shape index (κ1) is 17.4. The number of pyridine rings is 1. The molecule has 7 heteroatoms. The van der Waals surface area contributed by atoms with Crippen LogP contribution in [0.1, 0.15) is 12.0 Å². The van der Waals surface area contributed by atoms with Gasteiger partial charge in [-0.25, -0.2) is 4.98 Å². The van der Waals surface area contributed by atoms with Crippen molar-refractivity contribution in [2.75, 3.05) is 32.1 Å². The zero-order valence-corrected chi connectivity index (χ0v) is 14.8. The highest BCUT2D eigenvalue weighted by Gasteiger charge is 2.11. The van der Waals surface area contributed by atoms with E-state index >= 15 is 0 Å². The Bertz CT molecular complexity index is 734. The van der Waals surface area contributed by atoms with E-state index < -0.39 is 0 Å². The second kappa shape index (κ2) is 8.58. The third-order valence-corrected chi connectivity index (χ3v) is 3.95. The number of aromatic nitrogens is 1. The van der Waals surface area contributed by atoms with Crippen LogP contribution in [0.2, 0.25) is 5.15 Å². The van der Waals surface area contributed by atoms with Crippen LogP contribution in [0.3, 0.4) is 0 Å². The maximum atomic E-state index is 5.79. The number of ether oxygens (including phenoxy) is 2. The fourth-order valence-corrected chi connectivity index (χ4v) is 2.55. The van der Waals surface area contributed by atoms with Crippen LogP contribution in [-0.2, 0) is 6.42 Å². The molecule has 6 nitrogen and oxygen atoms in total. The monoisotopic (exact) mass is 360 g/mol. The number of aliphatic imine (C=N–C) groups is 1. The lowest BCUT2D eigenvalue weighted by atomic mass is 10.2. The highest BCUT2D eigenvalue weighted by molar-refractivity contribution is 6.29. The van der Waals surface area contributed by atoms with Crippen molar-refractivity contribution in [2.45, 2.75) is 12.8 Å². The van der Waals surface area contributed by atoms with Gasteiger partial charge in [-0.3, -0.25) is 4.99 Å². The van der Waals surface area contributed by atoms with E-state index in [0.717, 1.165) is 42.1 Å². The van der Waals surface area contributed by atoms with E-state index in [4.69, 9.17) is 21.1 Å². The standard InChI is InChI=1S/C18H21ClN4O2/c1-20-18(21-8-7-13-3-6-17(19)22-12-13)23-14-4-5-15-16(11-14)25-10-2-9-24-15/h3-6,11-12H,2,7-10H2,1H3,(H2,20,21,23). The van der Waals surface area contributed by atoms with Gasteiger partial charge in [-0.2, -0.15) is 0 Å². The van der Waals surface area contributed by atoms with Gasteiger partial charge in [0.1, 0.15) is 5.15 Å². The molecule has 0 spiro atoms. The summed E-state index contributed by atoms with van der Waals surface area (Å²) in [6.07, 6.45) is 3.50. The zero-order chi connectivity index (χ0) is 17.5. The second-order valence-electron chi connectivity index (χ2n) is 5.58. The summed E-state index contributed by atoms with van der Waals surface area (Å²) in [6.45, 7) is 2.08. The lowest BCUT2D eigenvalue weighted by Crippen LogP contribution is -2.32. The first-order valence-electron chi connectivity index (χ1n) is 8.22. The van der Waals surface area contributed by atoms with Gasteiger partial charge in [0.15, 0.2) is 17.5 Å². The summed E-state index contributed by atoms with van der Waals surface area (Å²) in [5.41, 5.74) is 2.01. The van der Waals surface area contributed by atoms with Gasteiger partial charge >= 0.3 is 0 Å². The number of hydrogen-bond donors (Lipinski definition) is 2. The van der Waals surface area contributed by atoms with E-state index in [0.29, 0.717) is 24.3 Å². The van der Waals surface area contributed by atoms with E-state index in [-0.39, 0.29) is 0 Å². The minimum Gasteiger partial charge on any atom is -0.490 e. The van der Waals surface area contributed by atoms with Gasteiger partial charge in [-0.15, -0.1) is 0 Å². The average molecular weight is 361 g/mol. The zero-order valence-electron chi connectivity index (χ0n) is 14.1. The van der Waals surface area contributed by atoms with Crippen molar-refractivity contribution in [1.82, 2.24) is 10.3 Å². The fourth-order valence-electron chi connectivity index (χ4n) is 2.44. The Hall–Kier alpha value is -2.47. The van der Waals surface area contributed by atoms with E-state index in [1.165, 1.54) is 0 Å². The van der Waals surface area contributed by atoms with E-state index in [1.54, 1.807) is 19.3 Å². The topological polar surface area (TPSA) is 67.8 Å². The molecule has 0 fully saturated rings. The largest absolute Gasteiger partial charge is 0.490 e. The lowest BCUT2D eigenvalue weighted by molar-refractivity contribution is 0.297. The fraction of sp³-hybridized carbons (Fsp3) is 0.333. The molecule has 0 bridgehead atoms. The first-order valence-corrected chi connectivity index (χ1v) is 8.60. The van der Waals surface area contributed by atoms with Gasteiger partial charge in [-0.05, 0) is 30.2 Å². The number of nitrogens with one attached hydrogen (secondary N) is 2. The molecule has 0 radical (unpaired) electrons. The number of nitrogens with zero attached hydrogens (tertiary/aromatic N) is 2. The summed E-state index contributed by atoms with van der Waals surface area (Å²) in [5.74, 6) is 2.22. The first-order chi connectivity index (χ1) is 12.2. The predicted octanol–water partition coefficient (Wildman–Crippen LogP) is 3.13. The molecule has 1 aliphatic heterocycles. The number of fused-ring (bicyclic) bond motifs is 1. The van der Waals surface area contributed by atoms with Crippen LogP contribution in [0.5, 0.6) is 11.5 Å². The number of benzene rings is 1. The second-order valence-corrected chi connectivity index (χ2v) is 5.96. The van der Waals surface area contributed by atoms with Crippen LogP contribution >= 0.6 is 11.6 Å². The molecular formula is C18H21ClN4O2. The number of halogens is 1. The van der Waals surface area contributed by atoms with Crippen LogP contribution < -0.4 is 20.1 Å². The van der Waals surface area contributed by atoms with Crippen LogP contribution in [0, 0.1) is 0 Å². The molecule has 1 aliphatic rings. The molecule has 25 heavy (non-hydrogen) atoms. The highest BCUT2D eigenvalue weighted by Crippen LogP contribution is 2.32. The quantitative estimate of drug-likeness (QED) is 0.498. The van der Waals surface area contributed by atoms with Gasteiger partial charge in [0, 0.05) is 38.0 Å². The number of rotatable bonds is 4. The molecule has 3 rings (SSSR count). The highest BCUT2D eigenvalue weighted by atomic mass is 35.5. The summed E-state index contributed by atoms with van der Waals surface area (Å²) in [4.78, 5) is 8.32. The number of guanidine groups is 1. The van der Waals surface area contributed by atoms with Crippen molar-refractivity contribution < 1.29 is 9.47 Å². The normalized spacial score (nSPS) is 13.9. The molecule has 1 aromatic carbocycles. The summed E-state index contributed by atoms with van der Waals surface area (Å²) in [5, 5.41) is 7.04. The van der Waals surface area contributed by atoms with Crippen molar-refractivity contribution in [2.24, 2.45) is 4.99 Å². The molecule has 2 aromatic rings. The van der Waals surface area contributed by atoms with Crippen LogP contribution in [0.25, 0.3) is 0 Å². The Balaban J connectivity index is 1.55. The Morgan fingerprint density at radius 1 is 1.20 bits per heavy atom. The van der Waals surface area contributed by atoms with E-state index in [1.807, 2.05) is 24.3 Å². The van der Waals surface area contributed by atoms with Crippen molar-refractivity contribution in [1.29, 1.82) is 0 Å². The predicted molar refractivity (Wildman–Crippen MR) is 100.0 cm³/mol. The van der Waals surface area contributed by atoms with E-state index in [9.17, 15) is 0 Å². The van der Waals surface area contributed by atoms with Crippen molar-refractivity contribution in [3.63, 3.8) is 0 Å². The van der Waals surface area contributed by atoms with Crippen molar-refractivity contribution in [3.8, 4) is 11.5 Å². The van der Waals surface area contributed by atoms with Gasteiger partial charge in [0.2, 0.25) is 0 Å². The average Bonchev–Trinajstić information content (AvgIpc) is 2.87. The molecule has 132 valence electrons. The van der Waals surface area contributed by atoms with Gasteiger partial charge in [0.05, 0.1) is 13.2 Å². The molecule has 0 atom stereocenters. The minimum atomic E-state index is 0.503. The summed E-state index contributed by atoms with van der Waals surface area (Å²) < 4.78 is 11.4. The molecular weight excluding hydrogens is 340 g/mol. The number of anilines is 1. The minimum absolute atomic E-state index is 0.503. The summed E-state index contributed by atoms with van der Waals surface area (Å²) in [6, 6.07) is 9.55. The smallest absolute Gasteiger partial charge is 0.195 e. The molecule has 2 N–H and O–H groups in total.